The molecule has 0 saturated carbocycles. The van der Waals surface area contributed by atoms with Crippen LogP contribution >= 0.6 is 0 Å². The summed E-state index contributed by atoms with van der Waals surface area (Å²) < 4.78 is 0. The lowest BCUT2D eigenvalue weighted by Crippen LogP contribution is -2.50. The van der Waals surface area contributed by atoms with Gasteiger partial charge in [0.25, 0.3) is 5.91 Å². The van der Waals surface area contributed by atoms with Crippen molar-refractivity contribution in [2.45, 2.75) is 43.8 Å². The first-order valence-electron chi connectivity index (χ1n) is 7.87. The van der Waals surface area contributed by atoms with E-state index in [0.717, 1.165) is 25.8 Å². The topological polar surface area (TPSA) is 74.3 Å². The third kappa shape index (κ3) is 2.78. The number of hydrogen-bond donors (Lipinski definition) is 1. The van der Waals surface area contributed by atoms with Crippen LogP contribution in [0.5, 0.6) is 0 Å². The molecule has 0 unspecified atom stereocenters. The smallest absolute Gasteiger partial charge is 0.309 e. The Morgan fingerprint density at radius 2 is 2.18 bits per heavy atom. The van der Waals surface area contributed by atoms with Gasteiger partial charge in [0.05, 0.1) is 19.8 Å². The van der Waals surface area contributed by atoms with Crippen molar-refractivity contribution in [3.8, 4) is 0 Å². The Hall–Kier alpha value is -1.38. The molecule has 3 heterocycles. The van der Waals surface area contributed by atoms with E-state index in [1.54, 1.807) is 4.90 Å². The number of likely N-dealkylation sites (tertiary alicyclic amines) is 1. The number of piperidine rings is 1. The predicted octanol–water partition coefficient (Wildman–Crippen LogP) is -0.0416. The fourth-order valence-electron chi connectivity index (χ4n) is 3.60. The van der Waals surface area contributed by atoms with E-state index in [9.17, 15) is 9.59 Å². The lowest BCUT2D eigenvalue weighted by molar-refractivity contribution is -0.140. The number of carbonyl (C=O) groups is 2. The third-order valence-electron chi connectivity index (χ3n) is 4.94. The molecule has 3 atom stereocenters. The zero-order valence-electron chi connectivity index (χ0n) is 13.2. The van der Waals surface area contributed by atoms with Crippen LogP contribution in [0.2, 0.25) is 0 Å². The molecular weight excluding hydrogens is 288 g/mol. The van der Waals surface area contributed by atoms with Gasteiger partial charge in [-0.25, -0.2) is 10.3 Å². The van der Waals surface area contributed by atoms with Crippen LogP contribution in [-0.4, -0.2) is 78.8 Å². The second kappa shape index (κ2) is 6.39. The molecule has 124 valence electrons. The van der Waals surface area contributed by atoms with Crippen LogP contribution < -0.4 is 5.48 Å². The summed E-state index contributed by atoms with van der Waals surface area (Å²) in [4.78, 5) is 38.7. The molecule has 3 aliphatic rings. The first-order chi connectivity index (χ1) is 10.6. The highest BCUT2D eigenvalue weighted by Crippen LogP contribution is 2.29. The third-order valence-corrected chi connectivity index (χ3v) is 4.94. The molecule has 0 aromatic carbocycles. The molecule has 0 aliphatic carbocycles. The maximum absolute atomic E-state index is 12.3. The predicted molar refractivity (Wildman–Crippen MR) is 77.5 cm³/mol. The zero-order valence-corrected chi connectivity index (χ0v) is 13.2. The molecule has 0 spiro atoms. The minimum atomic E-state index is -0.467. The molecule has 22 heavy (non-hydrogen) atoms. The molecule has 0 radical (unpaired) electrons. The van der Waals surface area contributed by atoms with E-state index in [1.807, 2.05) is 0 Å². The summed E-state index contributed by atoms with van der Waals surface area (Å²) >= 11 is 0. The molecule has 0 aromatic heterocycles. The Kier molecular flexibility index (Phi) is 4.51. The van der Waals surface area contributed by atoms with Crippen molar-refractivity contribution in [3.05, 3.63) is 0 Å². The number of hydrogen-bond acceptors (Lipinski definition) is 5. The fraction of sp³-hybridized carbons (Fsp3) is 0.857. The molecule has 1 N–H and O–H groups in total. The van der Waals surface area contributed by atoms with Crippen molar-refractivity contribution in [1.82, 2.24) is 20.3 Å². The van der Waals surface area contributed by atoms with Gasteiger partial charge in [-0.2, -0.15) is 5.06 Å². The van der Waals surface area contributed by atoms with Crippen molar-refractivity contribution in [3.63, 3.8) is 0 Å². The number of nitrogens with one attached hydrogen (secondary N) is 1. The average Bonchev–Trinajstić information content (AvgIpc) is 3.02. The Labute approximate surface area is 130 Å². The molecule has 8 nitrogen and oxygen atoms in total. The second-order valence-electron chi connectivity index (χ2n) is 6.24. The molecule has 3 aliphatic heterocycles. The van der Waals surface area contributed by atoms with E-state index in [0.29, 0.717) is 25.6 Å². The second-order valence-corrected chi connectivity index (χ2v) is 6.24. The summed E-state index contributed by atoms with van der Waals surface area (Å²) in [5.74, 6) is -0.245. The van der Waals surface area contributed by atoms with Gasteiger partial charge in [0.2, 0.25) is 0 Å². The molecule has 3 saturated heterocycles. The number of urea groups is 1. The highest BCUT2D eigenvalue weighted by Gasteiger charge is 2.47. The van der Waals surface area contributed by atoms with Crippen LogP contribution in [0.25, 0.3) is 0 Å². The first-order valence-corrected chi connectivity index (χ1v) is 7.87. The maximum atomic E-state index is 12.3. The average molecular weight is 312 g/mol. The summed E-state index contributed by atoms with van der Waals surface area (Å²) in [6.07, 6.45) is 3.65. The number of likely N-dealkylation sites (N-methyl/N-ethyl adjacent to an activating group) is 1. The summed E-state index contributed by atoms with van der Waals surface area (Å²) in [6, 6.07) is -0.297. The van der Waals surface area contributed by atoms with Crippen LogP contribution in [0.3, 0.4) is 0 Å². The molecule has 0 aromatic rings. The Bertz CT molecular complexity index is 447. The number of fused-ring (bicyclic) bond motifs is 2. The Morgan fingerprint density at radius 1 is 1.36 bits per heavy atom. The maximum Gasteiger partial charge on any atom is 0.345 e. The van der Waals surface area contributed by atoms with Crippen LogP contribution in [0.15, 0.2) is 0 Å². The van der Waals surface area contributed by atoms with Crippen molar-refractivity contribution < 1.29 is 19.3 Å². The van der Waals surface area contributed by atoms with Gasteiger partial charge in [0.1, 0.15) is 6.04 Å². The number of amides is 3. The summed E-state index contributed by atoms with van der Waals surface area (Å²) in [5, 5.41) is 1.36. The van der Waals surface area contributed by atoms with Crippen molar-refractivity contribution in [2.75, 3.05) is 33.9 Å². The van der Waals surface area contributed by atoms with Crippen molar-refractivity contribution >= 4 is 11.9 Å². The molecule has 3 amide bonds. The molecule has 3 rings (SSSR count). The van der Waals surface area contributed by atoms with Gasteiger partial charge in [-0.3, -0.25) is 14.5 Å². The zero-order chi connectivity index (χ0) is 15.7. The lowest BCUT2D eigenvalue weighted by Gasteiger charge is -2.29. The van der Waals surface area contributed by atoms with Gasteiger partial charge >= 0.3 is 6.03 Å². The summed E-state index contributed by atoms with van der Waals surface area (Å²) in [5.41, 5.74) is 2.52. The Balaban J connectivity index is 1.49. The number of hydroxylamine groups is 3. The van der Waals surface area contributed by atoms with Crippen LogP contribution in [0.4, 0.5) is 4.79 Å². The standard InChI is InChI=1S/C14H24N4O4/c1-16-7-3-4-11(16)9-22-15-13(19)12-6-5-10-8-17(12)14(20)18(10)21-2/h10-12H,3-9H2,1-2H3,(H,15,19)/t10-,11-,12+/m1/s1. The summed E-state index contributed by atoms with van der Waals surface area (Å²) in [6.45, 7) is 2.09. The van der Waals surface area contributed by atoms with Gasteiger partial charge in [0, 0.05) is 12.6 Å². The van der Waals surface area contributed by atoms with E-state index in [1.165, 1.54) is 12.2 Å². The van der Waals surface area contributed by atoms with Gasteiger partial charge in [-0.15, -0.1) is 0 Å². The van der Waals surface area contributed by atoms with Gasteiger partial charge < -0.3 is 9.80 Å². The Morgan fingerprint density at radius 3 is 2.86 bits per heavy atom. The van der Waals surface area contributed by atoms with Crippen LogP contribution in [-0.2, 0) is 14.5 Å². The number of nitrogens with zero attached hydrogens (tertiary/aromatic N) is 3. The van der Waals surface area contributed by atoms with Gasteiger partial charge in [0.15, 0.2) is 0 Å². The van der Waals surface area contributed by atoms with Crippen LogP contribution in [0.1, 0.15) is 25.7 Å². The normalized spacial score (nSPS) is 31.9. The minimum absolute atomic E-state index is 0.0506. The lowest BCUT2D eigenvalue weighted by atomic mass is 10.0. The molecule has 8 heteroatoms. The minimum Gasteiger partial charge on any atom is -0.309 e. The van der Waals surface area contributed by atoms with E-state index in [2.05, 4.69) is 17.4 Å². The van der Waals surface area contributed by atoms with E-state index in [4.69, 9.17) is 9.68 Å². The number of carbonyl (C=O) groups excluding carboxylic acids is 2. The molecular formula is C14H24N4O4. The largest absolute Gasteiger partial charge is 0.345 e. The highest BCUT2D eigenvalue weighted by molar-refractivity contribution is 5.87. The monoisotopic (exact) mass is 312 g/mol. The number of rotatable bonds is 5. The highest BCUT2D eigenvalue weighted by atomic mass is 16.7. The van der Waals surface area contributed by atoms with Gasteiger partial charge in [-0.1, -0.05) is 0 Å². The fourth-order valence-corrected chi connectivity index (χ4v) is 3.60. The SMILES string of the molecule is CON1C(=O)N2C[C@H]1CC[C@H]2C(=O)NOC[C@H]1CCCN1C. The van der Waals surface area contributed by atoms with Gasteiger partial charge in [-0.05, 0) is 39.3 Å². The van der Waals surface area contributed by atoms with Crippen molar-refractivity contribution in [1.29, 1.82) is 0 Å². The first kappa shape index (κ1) is 15.5. The quantitative estimate of drug-likeness (QED) is 0.721. The summed E-state index contributed by atoms with van der Waals surface area (Å²) in [7, 11) is 3.54. The van der Waals surface area contributed by atoms with E-state index < -0.39 is 6.04 Å². The molecule has 3 fully saturated rings. The van der Waals surface area contributed by atoms with Crippen molar-refractivity contribution in [2.24, 2.45) is 0 Å². The van der Waals surface area contributed by atoms with Crippen LogP contribution in [0, 0.1) is 0 Å². The van der Waals surface area contributed by atoms with E-state index >= 15 is 0 Å². The molecule has 2 bridgehead atoms. The van der Waals surface area contributed by atoms with E-state index in [-0.39, 0.29) is 18.0 Å².